The van der Waals surface area contributed by atoms with Crippen LogP contribution in [0.4, 0.5) is 13.2 Å². The lowest BCUT2D eigenvalue weighted by Crippen LogP contribution is -2.36. The fourth-order valence-corrected chi connectivity index (χ4v) is 2.73. The highest BCUT2D eigenvalue weighted by molar-refractivity contribution is 5.93. The Morgan fingerprint density at radius 2 is 1.72 bits per heavy atom. The van der Waals surface area contributed by atoms with Gasteiger partial charge in [-0.3, -0.25) is 9.78 Å². The van der Waals surface area contributed by atoms with Crippen molar-refractivity contribution >= 4 is 30.7 Å². The predicted octanol–water partition coefficient (Wildman–Crippen LogP) is 3.99. The van der Waals surface area contributed by atoms with Gasteiger partial charge in [0, 0.05) is 25.3 Å². The van der Waals surface area contributed by atoms with Gasteiger partial charge in [0.1, 0.15) is 5.69 Å². The Kier molecular flexibility index (Phi) is 11.1. The summed E-state index contributed by atoms with van der Waals surface area (Å²) in [4.78, 5) is 15.1. The molecule has 0 aromatic carbocycles. The van der Waals surface area contributed by atoms with Crippen LogP contribution in [0.1, 0.15) is 54.6 Å². The maximum atomic E-state index is 12.4. The number of carbonyl (C=O) groups is 1. The third-order valence-electron chi connectivity index (χ3n) is 4.01. The van der Waals surface area contributed by atoms with Crippen LogP contribution in [0.2, 0.25) is 0 Å². The normalized spacial score (nSPS) is 15.5. The second-order valence-electron chi connectivity index (χ2n) is 5.83. The number of pyridine rings is 1. The van der Waals surface area contributed by atoms with Crippen molar-refractivity contribution in [1.82, 2.24) is 15.6 Å². The number of nitrogens with one attached hydrogen (secondary N) is 2. The number of halogens is 5. The van der Waals surface area contributed by atoms with Gasteiger partial charge < -0.3 is 10.6 Å². The van der Waals surface area contributed by atoms with E-state index in [4.69, 9.17) is 0 Å². The van der Waals surface area contributed by atoms with Crippen molar-refractivity contribution in [3.05, 3.63) is 29.6 Å². The molecule has 0 radical (unpaired) electrons. The molecule has 4 nitrogen and oxygen atoms in total. The molecule has 1 aliphatic rings. The molecule has 1 saturated carbocycles. The van der Waals surface area contributed by atoms with Crippen LogP contribution in [0, 0.1) is 0 Å². The van der Waals surface area contributed by atoms with Crippen LogP contribution >= 0.6 is 24.8 Å². The van der Waals surface area contributed by atoms with Gasteiger partial charge in [-0.05, 0) is 25.0 Å². The van der Waals surface area contributed by atoms with E-state index in [1.807, 2.05) is 0 Å². The van der Waals surface area contributed by atoms with Crippen molar-refractivity contribution in [2.24, 2.45) is 0 Å². The number of rotatable bonds is 5. The molecule has 1 aliphatic carbocycles. The Morgan fingerprint density at radius 3 is 2.24 bits per heavy atom. The molecule has 1 aromatic heterocycles. The Hall–Kier alpha value is -1.05. The van der Waals surface area contributed by atoms with Crippen molar-refractivity contribution in [1.29, 1.82) is 0 Å². The summed E-state index contributed by atoms with van der Waals surface area (Å²) in [5, 5.41) is 6.11. The summed E-state index contributed by atoms with van der Waals surface area (Å²) >= 11 is 0. The molecule has 9 heteroatoms. The smallest absolute Gasteiger partial charge is 0.351 e. The zero-order valence-corrected chi connectivity index (χ0v) is 15.4. The first-order chi connectivity index (χ1) is 11.0. The third kappa shape index (κ3) is 8.25. The van der Waals surface area contributed by atoms with E-state index in [0.29, 0.717) is 19.1 Å². The van der Waals surface area contributed by atoms with Crippen molar-refractivity contribution in [2.45, 2.75) is 50.7 Å². The predicted molar refractivity (Wildman–Crippen MR) is 95.6 cm³/mol. The molecule has 2 rings (SSSR count). The van der Waals surface area contributed by atoms with Crippen LogP contribution in [-0.4, -0.2) is 30.0 Å². The summed E-state index contributed by atoms with van der Waals surface area (Å²) in [6.07, 6.45) is 3.84. The number of nitrogens with zero attached hydrogens (tertiary/aromatic N) is 1. The van der Waals surface area contributed by atoms with Crippen LogP contribution in [0.5, 0.6) is 0 Å². The Labute approximate surface area is 158 Å². The molecular formula is C16H24Cl2F3N3O. The average molecular weight is 402 g/mol. The van der Waals surface area contributed by atoms with Gasteiger partial charge in [0.05, 0.1) is 5.56 Å². The number of hydrogen-bond acceptors (Lipinski definition) is 3. The molecule has 2 N–H and O–H groups in total. The zero-order chi connectivity index (χ0) is 16.7. The van der Waals surface area contributed by atoms with E-state index < -0.39 is 17.8 Å². The van der Waals surface area contributed by atoms with Crippen LogP contribution in [0.25, 0.3) is 0 Å². The first-order valence-electron chi connectivity index (χ1n) is 8.01. The molecule has 1 heterocycles. The van der Waals surface area contributed by atoms with Crippen molar-refractivity contribution < 1.29 is 18.0 Å². The molecule has 25 heavy (non-hydrogen) atoms. The van der Waals surface area contributed by atoms with Gasteiger partial charge in [0.25, 0.3) is 5.91 Å². The van der Waals surface area contributed by atoms with E-state index in [0.717, 1.165) is 31.2 Å². The van der Waals surface area contributed by atoms with Gasteiger partial charge in [-0.2, -0.15) is 13.2 Å². The quantitative estimate of drug-likeness (QED) is 0.579. The minimum atomic E-state index is -4.49. The highest BCUT2D eigenvalue weighted by atomic mass is 35.5. The summed E-state index contributed by atoms with van der Waals surface area (Å²) in [7, 11) is 0. The fraction of sp³-hybridized carbons (Fsp3) is 0.625. The van der Waals surface area contributed by atoms with Crippen LogP contribution in [0.15, 0.2) is 18.3 Å². The molecule has 0 atom stereocenters. The summed E-state index contributed by atoms with van der Waals surface area (Å²) in [6, 6.07) is 2.46. The molecule has 0 bridgehead atoms. The van der Waals surface area contributed by atoms with E-state index in [1.165, 1.54) is 25.7 Å². The third-order valence-corrected chi connectivity index (χ3v) is 4.01. The van der Waals surface area contributed by atoms with Gasteiger partial charge >= 0.3 is 6.18 Å². The van der Waals surface area contributed by atoms with E-state index in [9.17, 15) is 18.0 Å². The standard InChI is InChI=1S/C16H22F3N3O.2ClH/c17-16(18,19)14-8-7-12(11-22-14)15(23)21-10-9-20-13-5-3-1-2-4-6-13;;/h7-8,11,13,20H,1-6,9-10H2,(H,21,23);2*1H. The molecule has 0 aliphatic heterocycles. The van der Waals surface area contributed by atoms with Crippen molar-refractivity contribution in [3.8, 4) is 0 Å². The number of alkyl halides is 3. The Morgan fingerprint density at radius 1 is 1.08 bits per heavy atom. The Bertz CT molecular complexity index is 504. The molecule has 1 fully saturated rings. The fourth-order valence-electron chi connectivity index (χ4n) is 2.73. The second kappa shape index (κ2) is 11.5. The molecule has 0 saturated heterocycles. The molecule has 1 amide bonds. The Balaban J connectivity index is 0.00000288. The lowest BCUT2D eigenvalue weighted by atomic mass is 10.1. The topological polar surface area (TPSA) is 54.0 Å². The van der Waals surface area contributed by atoms with Gasteiger partial charge in [-0.15, -0.1) is 24.8 Å². The zero-order valence-electron chi connectivity index (χ0n) is 13.8. The number of aromatic nitrogens is 1. The lowest BCUT2D eigenvalue weighted by Gasteiger charge is -2.16. The van der Waals surface area contributed by atoms with E-state index >= 15 is 0 Å². The maximum absolute atomic E-state index is 12.4. The maximum Gasteiger partial charge on any atom is 0.433 e. The lowest BCUT2D eigenvalue weighted by molar-refractivity contribution is -0.141. The highest BCUT2D eigenvalue weighted by Crippen LogP contribution is 2.27. The van der Waals surface area contributed by atoms with E-state index in [1.54, 1.807) is 0 Å². The van der Waals surface area contributed by atoms with Gasteiger partial charge in [-0.1, -0.05) is 25.7 Å². The molecule has 0 spiro atoms. The van der Waals surface area contributed by atoms with Crippen LogP contribution < -0.4 is 10.6 Å². The van der Waals surface area contributed by atoms with Crippen LogP contribution in [-0.2, 0) is 6.18 Å². The first kappa shape index (κ1) is 23.9. The number of carbonyl (C=O) groups excluding carboxylic acids is 1. The molecule has 144 valence electrons. The summed E-state index contributed by atoms with van der Waals surface area (Å²) in [5.74, 6) is -0.408. The van der Waals surface area contributed by atoms with E-state index in [-0.39, 0.29) is 30.4 Å². The van der Waals surface area contributed by atoms with E-state index in [2.05, 4.69) is 15.6 Å². The van der Waals surface area contributed by atoms with Crippen molar-refractivity contribution in [3.63, 3.8) is 0 Å². The van der Waals surface area contributed by atoms with Gasteiger partial charge in [-0.25, -0.2) is 0 Å². The minimum absolute atomic E-state index is 0. The minimum Gasteiger partial charge on any atom is -0.351 e. The van der Waals surface area contributed by atoms with Gasteiger partial charge in [0.15, 0.2) is 0 Å². The monoisotopic (exact) mass is 401 g/mol. The number of amides is 1. The van der Waals surface area contributed by atoms with Gasteiger partial charge in [0.2, 0.25) is 0 Å². The molecule has 0 unspecified atom stereocenters. The largest absolute Gasteiger partial charge is 0.433 e. The summed E-state index contributed by atoms with van der Waals surface area (Å²) in [5.41, 5.74) is -0.864. The summed E-state index contributed by atoms with van der Waals surface area (Å²) in [6.45, 7) is 1.10. The SMILES string of the molecule is Cl.Cl.O=C(NCCNC1CCCCCC1)c1ccc(C(F)(F)F)nc1. The first-order valence-corrected chi connectivity index (χ1v) is 8.01. The molecular weight excluding hydrogens is 378 g/mol. The second-order valence-corrected chi connectivity index (χ2v) is 5.83. The van der Waals surface area contributed by atoms with Crippen molar-refractivity contribution in [2.75, 3.05) is 13.1 Å². The van der Waals surface area contributed by atoms with Crippen LogP contribution in [0.3, 0.4) is 0 Å². The summed E-state index contributed by atoms with van der Waals surface area (Å²) < 4.78 is 37.2. The number of hydrogen-bond donors (Lipinski definition) is 2. The average Bonchev–Trinajstić information content (AvgIpc) is 2.79. The molecule has 1 aromatic rings. The highest BCUT2D eigenvalue weighted by Gasteiger charge is 2.32.